The summed E-state index contributed by atoms with van der Waals surface area (Å²) < 4.78 is 6.61. The van der Waals surface area contributed by atoms with Crippen LogP contribution in [0.15, 0.2) is 34.2 Å². The molecule has 0 aliphatic carbocycles. The second kappa shape index (κ2) is 5.11. The Hall–Kier alpha value is -1.72. The van der Waals surface area contributed by atoms with Gasteiger partial charge >= 0.3 is 0 Å². The second-order valence-electron chi connectivity index (χ2n) is 4.58. The van der Waals surface area contributed by atoms with E-state index >= 15 is 0 Å². The molecule has 0 saturated carbocycles. The Morgan fingerprint density at radius 2 is 2.26 bits per heavy atom. The normalized spacial score (nSPS) is 12.9. The molecule has 19 heavy (non-hydrogen) atoms. The molecule has 1 atom stereocenters. The van der Waals surface area contributed by atoms with Gasteiger partial charge in [-0.15, -0.1) is 11.3 Å². The Kier molecular flexibility index (Phi) is 3.31. The molecule has 2 heterocycles. The number of nitrogens with one attached hydrogen (secondary N) is 1. The summed E-state index contributed by atoms with van der Waals surface area (Å²) in [5.41, 5.74) is 0.974. The SMILES string of the molecule is CNC(C)Cc1noc(-c2ccc3sccc3c2)n1. The first-order valence-corrected chi connectivity index (χ1v) is 7.11. The largest absolute Gasteiger partial charge is 0.334 e. The van der Waals surface area contributed by atoms with E-state index in [0.717, 1.165) is 17.8 Å². The number of nitrogens with zero attached hydrogens (tertiary/aromatic N) is 2. The summed E-state index contributed by atoms with van der Waals surface area (Å²) in [6.07, 6.45) is 0.765. The third-order valence-corrected chi connectivity index (χ3v) is 4.05. The van der Waals surface area contributed by atoms with Gasteiger partial charge in [-0.05, 0) is 49.0 Å². The van der Waals surface area contributed by atoms with Crippen molar-refractivity contribution in [3.05, 3.63) is 35.5 Å². The van der Waals surface area contributed by atoms with Crippen LogP contribution in [0, 0.1) is 0 Å². The van der Waals surface area contributed by atoms with Gasteiger partial charge in [0.15, 0.2) is 5.82 Å². The Bertz CT molecular complexity index is 689. The molecule has 2 aromatic heterocycles. The number of likely N-dealkylation sites (N-methyl/N-ethyl adjacent to an activating group) is 1. The van der Waals surface area contributed by atoms with Gasteiger partial charge < -0.3 is 9.84 Å². The topological polar surface area (TPSA) is 51.0 Å². The molecule has 0 spiro atoms. The van der Waals surface area contributed by atoms with E-state index in [2.05, 4.69) is 46.0 Å². The molecule has 0 saturated heterocycles. The highest BCUT2D eigenvalue weighted by Gasteiger charge is 2.11. The van der Waals surface area contributed by atoms with Gasteiger partial charge in [-0.3, -0.25) is 0 Å². The summed E-state index contributed by atoms with van der Waals surface area (Å²) >= 11 is 1.73. The van der Waals surface area contributed by atoms with Crippen LogP contribution < -0.4 is 5.32 Å². The van der Waals surface area contributed by atoms with Crippen LogP contribution in [0.5, 0.6) is 0 Å². The highest BCUT2D eigenvalue weighted by molar-refractivity contribution is 7.17. The number of hydrogen-bond acceptors (Lipinski definition) is 5. The zero-order valence-electron chi connectivity index (χ0n) is 10.9. The molecule has 0 radical (unpaired) electrons. The van der Waals surface area contributed by atoms with Crippen molar-refractivity contribution >= 4 is 21.4 Å². The van der Waals surface area contributed by atoms with Crippen molar-refractivity contribution in [1.29, 1.82) is 0 Å². The van der Waals surface area contributed by atoms with Crippen molar-refractivity contribution in [3.8, 4) is 11.5 Å². The molecule has 0 aliphatic heterocycles. The fraction of sp³-hybridized carbons (Fsp3) is 0.286. The third kappa shape index (κ3) is 2.52. The van der Waals surface area contributed by atoms with Crippen LogP contribution in [0.2, 0.25) is 0 Å². The maximum atomic E-state index is 5.34. The van der Waals surface area contributed by atoms with Crippen LogP contribution in [0.4, 0.5) is 0 Å². The van der Waals surface area contributed by atoms with E-state index in [-0.39, 0.29) is 0 Å². The van der Waals surface area contributed by atoms with E-state index in [4.69, 9.17) is 4.52 Å². The molecule has 4 nitrogen and oxygen atoms in total. The monoisotopic (exact) mass is 273 g/mol. The van der Waals surface area contributed by atoms with E-state index in [1.807, 2.05) is 13.1 Å². The maximum absolute atomic E-state index is 5.34. The lowest BCUT2D eigenvalue weighted by Crippen LogP contribution is -2.24. The molecule has 3 aromatic rings. The van der Waals surface area contributed by atoms with Crippen molar-refractivity contribution < 1.29 is 4.52 Å². The van der Waals surface area contributed by atoms with Gasteiger partial charge in [-0.2, -0.15) is 4.98 Å². The predicted molar refractivity (Wildman–Crippen MR) is 77.3 cm³/mol. The lowest BCUT2D eigenvalue weighted by atomic mass is 10.1. The summed E-state index contributed by atoms with van der Waals surface area (Å²) in [4.78, 5) is 4.45. The number of benzene rings is 1. The first-order chi connectivity index (χ1) is 9.26. The number of aromatic nitrogens is 2. The lowest BCUT2D eigenvalue weighted by molar-refractivity contribution is 0.418. The van der Waals surface area contributed by atoms with E-state index in [1.54, 1.807) is 11.3 Å². The number of rotatable bonds is 4. The van der Waals surface area contributed by atoms with Gasteiger partial charge in [-0.25, -0.2) is 0 Å². The molecule has 1 aromatic carbocycles. The highest BCUT2D eigenvalue weighted by Crippen LogP contribution is 2.26. The molecule has 0 bridgehead atoms. The summed E-state index contributed by atoms with van der Waals surface area (Å²) in [6.45, 7) is 2.09. The Labute approximate surface area is 115 Å². The molecule has 1 N–H and O–H groups in total. The summed E-state index contributed by atoms with van der Waals surface area (Å²) in [5, 5.41) is 10.5. The minimum atomic E-state index is 0.338. The smallest absolute Gasteiger partial charge is 0.257 e. The standard InChI is InChI=1S/C14H15N3OS/c1-9(15-2)7-13-16-14(18-17-13)11-3-4-12-10(8-11)5-6-19-12/h3-6,8-9,15H,7H2,1-2H3. The van der Waals surface area contributed by atoms with Crippen LogP contribution >= 0.6 is 11.3 Å². The van der Waals surface area contributed by atoms with Gasteiger partial charge in [0, 0.05) is 22.7 Å². The van der Waals surface area contributed by atoms with Crippen LogP contribution in [-0.4, -0.2) is 23.2 Å². The highest BCUT2D eigenvalue weighted by atomic mass is 32.1. The molecule has 0 fully saturated rings. The summed E-state index contributed by atoms with van der Waals surface area (Å²) in [7, 11) is 1.93. The zero-order valence-corrected chi connectivity index (χ0v) is 11.7. The van der Waals surface area contributed by atoms with Crippen LogP contribution in [-0.2, 0) is 6.42 Å². The molecule has 5 heteroatoms. The number of fused-ring (bicyclic) bond motifs is 1. The van der Waals surface area contributed by atoms with Crippen molar-refractivity contribution in [2.45, 2.75) is 19.4 Å². The van der Waals surface area contributed by atoms with E-state index in [1.165, 1.54) is 10.1 Å². The van der Waals surface area contributed by atoms with Crippen molar-refractivity contribution in [2.24, 2.45) is 0 Å². The molecule has 1 unspecified atom stereocenters. The second-order valence-corrected chi connectivity index (χ2v) is 5.53. The van der Waals surface area contributed by atoms with Gasteiger partial charge in [-0.1, -0.05) is 5.16 Å². The van der Waals surface area contributed by atoms with Gasteiger partial charge in [0.25, 0.3) is 5.89 Å². The van der Waals surface area contributed by atoms with Crippen LogP contribution in [0.3, 0.4) is 0 Å². The van der Waals surface area contributed by atoms with Gasteiger partial charge in [0.1, 0.15) is 0 Å². The lowest BCUT2D eigenvalue weighted by Gasteiger charge is -2.04. The minimum Gasteiger partial charge on any atom is -0.334 e. The van der Waals surface area contributed by atoms with Gasteiger partial charge in [0.05, 0.1) is 0 Å². The zero-order chi connectivity index (χ0) is 13.2. The van der Waals surface area contributed by atoms with Crippen molar-refractivity contribution in [2.75, 3.05) is 7.05 Å². The van der Waals surface area contributed by atoms with E-state index < -0.39 is 0 Å². The number of hydrogen-bond donors (Lipinski definition) is 1. The first kappa shape index (κ1) is 12.3. The molecule has 0 aliphatic rings. The van der Waals surface area contributed by atoms with Crippen LogP contribution in [0.25, 0.3) is 21.5 Å². The van der Waals surface area contributed by atoms with Gasteiger partial charge in [0.2, 0.25) is 0 Å². The summed E-state index contributed by atoms with van der Waals surface area (Å²) in [6, 6.07) is 8.64. The molecular weight excluding hydrogens is 258 g/mol. The van der Waals surface area contributed by atoms with Crippen molar-refractivity contribution in [1.82, 2.24) is 15.5 Å². The molecule has 0 amide bonds. The minimum absolute atomic E-state index is 0.338. The molecule has 3 rings (SSSR count). The average Bonchev–Trinajstić information content (AvgIpc) is 3.05. The Balaban J connectivity index is 1.89. The van der Waals surface area contributed by atoms with Crippen LogP contribution in [0.1, 0.15) is 12.7 Å². The first-order valence-electron chi connectivity index (χ1n) is 6.24. The quantitative estimate of drug-likeness (QED) is 0.793. The van der Waals surface area contributed by atoms with E-state index in [9.17, 15) is 0 Å². The maximum Gasteiger partial charge on any atom is 0.257 e. The predicted octanol–water partition coefficient (Wildman–Crippen LogP) is 3.10. The Morgan fingerprint density at radius 1 is 1.37 bits per heavy atom. The molecular formula is C14H15N3OS. The average molecular weight is 273 g/mol. The fourth-order valence-corrected chi connectivity index (χ4v) is 2.70. The summed E-state index contributed by atoms with van der Waals surface area (Å²) in [5.74, 6) is 1.33. The number of thiophene rings is 1. The molecule has 98 valence electrons. The van der Waals surface area contributed by atoms with E-state index in [0.29, 0.717) is 11.9 Å². The fourth-order valence-electron chi connectivity index (χ4n) is 1.93. The van der Waals surface area contributed by atoms with Crippen molar-refractivity contribution in [3.63, 3.8) is 0 Å². The Morgan fingerprint density at radius 3 is 3.11 bits per heavy atom. The third-order valence-electron chi connectivity index (χ3n) is 3.15.